The number of likely N-dealkylation sites (tertiary alicyclic amines) is 1. The molecule has 1 saturated heterocycles. The van der Waals surface area contributed by atoms with Crippen LogP contribution in [0.5, 0.6) is 0 Å². The number of carbonyl (C=O) groups excluding carboxylic acids is 1. The maximum atomic E-state index is 10.9. The van der Waals surface area contributed by atoms with Gasteiger partial charge in [0.2, 0.25) is 5.91 Å². The number of ether oxygens (including phenoxy) is 1. The van der Waals surface area contributed by atoms with E-state index in [2.05, 4.69) is 20.8 Å². The number of hydrogen-bond acceptors (Lipinski definition) is 2. The second-order valence-electron chi connectivity index (χ2n) is 4.53. The molecule has 0 aliphatic carbocycles. The minimum absolute atomic E-state index is 0.170. The molecular formula is C12H25NO2. The molecule has 1 aliphatic heterocycles. The second kappa shape index (κ2) is 6.83. The van der Waals surface area contributed by atoms with Crippen molar-refractivity contribution in [3.8, 4) is 0 Å². The monoisotopic (exact) mass is 215 g/mol. The molecule has 1 rings (SSSR count). The van der Waals surface area contributed by atoms with Gasteiger partial charge in [-0.25, -0.2) is 0 Å². The minimum Gasteiger partial charge on any atom is -0.381 e. The first-order valence-electron chi connectivity index (χ1n) is 5.82. The van der Waals surface area contributed by atoms with E-state index in [1.165, 1.54) is 6.42 Å². The van der Waals surface area contributed by atoms with Gasteiger partial charge >= 0.3 is 0 Å². The smallest absolute Gasteiger partial charge is 0.219 e. The van der Waals surface area contributed by atoms with E-state index in [0.717, 1.165) is 26.3 Å². The van der Waals surface area contributed by atoms with Crippen molar-refractivity contribution < 1.29 is 9.53 Å². The van der Waals surface area contributed by atoms with Crippen molar-refractivity contribution in [2.45, 2.75) is 41.0 Å². The van der Waals surface area contributed by atoms with Crippen LogP contribution in [0.2, 0.25) is 0 Å². The lowest BCUT2D eigenvalue weighted by atomic mass is 9.83. The van der Waals surface area contributed by atoms with Gasteiger partial charge in [0.05, 0.1) is 6.61 Å². The Kier molecular flexibility index (Phi) is 6.57. The standard InChI is InChI=1S/C9H17NO2.C3H8/c1-4-12-7-9(3)5-10(6-9)8(2)11;1-3-2/h4-7H2,1-3H3;3H2,1-2H3. The Morgan fingerprint density at radius 3 is 2.13 bits per heavy atom. The molecule has 0 aromatic carbocycles. The van der Waals surface area contributed by atoms with E-state index in [9.17, 15) is 4.79 Å². The maximum absolute atomic E-state index is 10.9. The molecule has 0 aromatic rings. The van der Waals surface area contributed by atoms with Gasteiger partial charge in [-0.05, 0) is 6.92 Å². The molecule has 3 heteroatoms. The zero-order valence-corrected chi connectivity index (χ0v) is 10.8. The molecule has 0 N–H and O–H groups in total. The molecular weight excluding hydrogens is 190 g/mol. The number of carbonyl (C=O) groups is 1. The van der Waals surface area contributed by atoms with Crippen LogP contribution in [0.1, 0.15) is 41.0 Å². The van der Waals surface area contributed by atoms with Gasteiger partial charge in [-0.15, -0.1) is 0 Å². The van der Waals surface area contributed by atoms with Crippen molar-refractivity contribution in [3.63, 3.8) is 0 Å². The van der Waals surface area contributed by atoms with Gasteiger partial charge in [0.25, 0.3) is 0 Å². The molecule has 0 unspecified atom stereocenters. The summed E-state index contributed by atoms with van der Waals surface area (Å²) >= 11 is 0. The predicted molar refractivity (Wildman–Crippen MR) is 62.8 cm³/mol. The maximum Gasteiger partial charge on any atom is 0.219 e. The normalized spacial score (nSPS) is 17.5. The third-order valence-electron chi connectivity index (χ3n) is 2.25. The number of nitrogens with zero attached hydrogens (tertiary/aromatic N) is 1. The zero-order chi connectivity index (χ0) is 11.9. The van der Waals surface area contributed by atoms with E-state index in [1.54, 1.807) is 6.92 Å². The second-order valence-corrected chi connectivity index (χ2v) is 4.53. The average molecular weight is 215 g/mol. The van der Waals surface area contributed by atoms with E-state index in [1.807, 2.05) is 11.8 Å². The van der Waals surface area contributed by atoms with Crippen molar-refractivity contribution in [3.05, 3.63) is 0 Å². The summed E-state index contributed by atoms with van der Waals surface area (Å²) < 4.78 is 5.33. The third-order valence-corrected chi connectivity index (χ3v) is 2.25. The van der Waals surface area contributed by atoms with Crippen LogP contribution in [0.4, 0.5) is 0 Å². The Hall–Kier alpha value is -0.570. The Labute approximate surface area is 93.8 Å². The number of amides is 1. The van der Waals surface area contributed by atoms with Crippen LogP contribution in [0.3, 0.4) is 0 Å². The van der Waals surface area contributed by atoms with E-state index in [-0.39, 0.29) is 11.3 Å². The summed E-state index contributed by atoms with van der Waals surface area (Å²) in [6.45, 7) is 13.2. The fourth-order valence-electron chi connectivity index (χ4n) is 1.54. The summed E-state index contributed by atoms with van der Waals surface area (Å²) in [5, 5.41) is 0. The van der Waals surface area contributed by atoms with Crippen molar-refractivity contribution >= 4 is 5.91 Å². The highest BCUT2D eigenvalue weighted by Gasteiger charge is 2.39. The Morgan fingerprint density at radius 1 is 1.33 bits per heavy atom. The number of hydrogen-bond donors (Lipinski definition) is 0. The summed E-state index contributed by atoms with van der Waals surface area (Å²) in [5.41, 5.74) is 0.210. The predicted octanol–water partition coefficient (Wildman–Crippen LogP) is 2.31. The van der Waals surface area contributed by atoms with Gasteiger partial charge in [-0.3, -0.25) is 4.79 Å². The quantitative estimate of drug-likeness (QED) is 0.723. The van der Waals surface area contributed by atoms with Crippen LogP contribution in [-0.4, -0.2) is 37.1 Å². The van der Waals surface area contributed by atoms with Crippen molar-refractivity contribution in [2.24, 2.45) is 5.41 Å². The lowest BCUT2D eigenvalue weighted by Gasteiger charge is -2.47. The van der Waals surface area contributed by atoms with Gasteiger partial charge in [0.15, 0.2) is 0 Å². The van der Waals surface area contributed by atoms with Crippen LogP contribution in [0.25, 0.3) is 0 Å². The van der Waals surface area contributed by atoms with Gasteiger partial charge in [-0.2, -0.15) is 0 Å². The van der Waals surface area contributed by atoms with E-state index in [4.69, 9.17) is 4.74 Å². The first kappa shape index (κ1) is 14.4. The van der Waals surface area contributed by atoms with Gasteiger partial charge < -0.3 is 9.64 Å². The molecule has 1 amide bonds. The van der Waals surface area contributed by atoms with E-state index >= 15 is 0 Å². The van der Waals surface area contributed by atoms with Crippen LogP contribution in [0, 0.1) is 5.41 Å². The summed E-state index contributed by atoms with van der Waals surface area (Å²) in [6.07, 6.45) is 1.25. The lowest BCUT2D eigenvalue weighted by Crippen LogP contribution is -2.58. The fourth-order valence-corrected chi connectivity index (χ4v) is 1.54. The molecule has 3 nitrogen and oxygen atoms in total. The summed E-state index contributed by atoms with van der Waals surface area (Å²) in [6, 6.07) is 0. The highest BCUT2D eigenvalue weighted by molar-refractivity contribution is 5.74. The van der Waals surface area contributed by atoms with Crippen LogP contribution in [-0.2, 0) is 9.53 Å². The fraction of sp³-hybridized carbons (Fsp3) is 0.917. The zero-order valence-electron chi connectivity index (χ0n) is 10.8. The average Bonchev–Trinajstić information content (AvgIpc) is 2.11. The van der Waals surface area contributed by atoms with E-state index in [0.29, 0.717) is 0 Å². The van der Waals surface area contributed by atoms with Crippen LogP contribution >= 0.6 is 0 Å². The molecule has 0 atom stereocenters. The SMILES string of the molecule is CCC.CCOCC1(C)CN(C(C)=O)C1. The summed E-state index contributed by atoms with van der Waals surface area (Å²) in [5.74, 6) is 0.170. The molecule has 1 aliphatic rings. The first-order valence-corrected chi connectivity index (χ1v) is 5.82. The Balaban J connectivity index is 0.000000583. The third kappa shape index (κ3) is 5.17. The molecule has 1 fully saturated rings. The van der Waals surface area contributed by atoms with Gasteiger partial charge in [-0.1, -0.05) is 27.2 Å². The Bertz CT molecular complexity index is 186. The summed E-state index contributed by atoms with van der Waals surface area (Å²) in [7, 11) is 0. The largest absolute Gasteiger partial charge is 0.381 e. The van der Waals surface area contributed by atoms with E-state index < -0.39 is 0 Å². The summed E-state index contributed by atoms with van der Waals surface area (Å²) in [4.78, 5) is 12.7. The first-order chi connectivity index (χ1) is 6.99. The van der Waals surface area contributed by atoms with Crippen LogP contribution < -0.4 is 0 Å². The van der Waals surface area contributed by atoms with Crippen molar-refractivity contribution in [2.75, 3.05) is 26.3 Å². The topological polar surface area (TPSA) is 29.5 Å². The van der Waals surface area contributed by atoms with Gasteiger partial charge in [0, 0.05) is 32.0 Å². The Morgan fingerprint density at radius 2 is 1.80 bits per heavy atom. The molecule has 0 aromatic heterocycles. The highest BCUT2D eigenvalue weighted by Crippen LogP contribution is 2.29. The molecule has 0 spiro atoms. The molecule has 0 bridgehead atoms. The molecule has 0 saturated carbocycles. The number of rotatable bonds is 3. The molecule has 1 heterocycles. The molecule has 15 heavy (non-hydrogen) atoms. The van der Waals surface area contributed by atoms with Gasteiger partial charge in [0.1, 0.15) is 0 Å². The highest BCUT2D eigenvalue weighted by atomic mass is 16.5. The minimum atomic E-state index is 0.170. The van der Waals surface area contributed by atoms with Crippen molar-refractivity contribution in [1.82, 2.24) is 4.90 Å². The molecule has 0 radical (unpaired) electrons. The molecule has 90 valence electrons. The van der Waals surface area contributed by atoms with Crippen LogP contribution in [0.15, 0.2) is 0 Å². The van der Waals surface area contributed by atoms with Crippen molar-refractivity contribution in [1.29, 1.82) is 0 Å². The lowest BCUT2D eigenvalue weighted by molar-refractivity contribution is -0.143.